The number of aromatic amines is 1. The van der Waals surface area contributed by atoms with Gasteiger partial charge in [-0.05, 0) is 17.2 Å². The van der Waals surface area contributed by atoms with Gasteiger partial charge < -0.3 is 9.72 Å². The van der Waals surface area contributed by atoms with E-state index >= 15 is 0 Å². The number of nitrogens with zero attached hydrogens (tertiary/aromatic N) is 2. The predicted octanol–water partition coefficient (Wildman–Crippen LogP) is 3.62. The first-order chi connectivity index (χ1) is 15.0. The van der Waals surface area contributed by atoms with Crippen LogP contribution in [0.5, 0.6) is 0 Å². The van der Waals surface area contributed by atoms with E-state index in [1.807, 2.05) is 24.3 Å². The fraction of sp³-hybridized carbons (Fsp3) is 0.304. The minimum atomic E-state index is -0.546. The molecule has 0 radical (unpaired) electrons. The van der Waals surface area contributed by atoms with E-state index in [0.717, 1.165) is 27.7 Å². The van der Waals surface area contributed by atoms with Crippen LogP contribution in [-0.2, 0) is 20.7 Å². The zero-order chi connectivity index (χ0) is 21.7. The van der Waals surface area contributed by atoms with E-state index in [2.05, 4.69) is 9.88 Å². The number of nitrogens with one attached hydrogen (secondary N) is 1. The summed E-state index contributed by atoms with van der Waals surface area (Å²) in [6.45, 7) is 0. The van der Waals surface area contributed by atoms with Gasteiger partial charge in [0.1, 0.15) is 11.8 Å². The van der Waals surface area contributed by atoms with Crippen molar-refractivity contribution in [2.75, 3.05) is 7.11 Å². The van der Waals surface area contributed by atoms with E-state index in [9.17, 15) is 19.7 Å². The quantitative estimate of drug-likeness (QED) is 0.395. The number of para-hydroxylation sites is 1. The van der Waals surface area contributed by atoms with Crippen LogP contribution in [0.15, 0.2) is 48.5 Å². The normalized spacial score (nSPS) is 23.3. The summed E-state index contributed by atoms with van der Waals surface area (Å²) in [5, 5.41) is 12.1. The Morgan fingerprint density at radius 2 is 1.81 bits per heavy atom. The Labute approximate surface area is 178 Å². The summed E-state index contributed by atoms with van der Waals surface area (Å²) < 4.78 is 5.14. The van der Waals surface area contributed by atoms with E-state index in [4.69, 9.17) is 4.74 Å². The van der Waals surface area contributed by atoms with E-state index in [1.165, 1.54) is 19.2 Å². The van der Waals surface area contributed by atoms with E-state index in [-0.39, 0.29) is 35.9 Å². The fourth-order valence-electron chi connectivity index (χ4n) is 5.10. The molecule has 0 aliphatic carbocycles. The largest absolute Gasteiger partial charge is 0.468 e. The Balaban J connectivity index is 1.64. The fourth-order valence-corrected chi connectivity index (χ4v) is 5.10. The molecule has 0 unspecified atom stereocenters. The van der Waals surface area contributed by atoms with Gasteiger partial charge in [0.2, 0.25) is 0 Å². The van der Waals surface area contributed by atoms with Crippen LogP contribution in [0.1, 0.15) is 41.7 Å². The number of carbonyl (C=O) groups excluding carboxylic acids is 2. The zero-order valence-electron chi connectivity index (χ0n) is 16.9. The highest BCUT2D eigenvalue weighted by atomic mass is 16.6. The lowest BCUT2D eigenvalue weighted by atomic mass is 9.81. The molecule has 158 valence electrons. The molecular weight excluding hydrogens is 398 g/mol. The SMILES string of the molecule is COC(=O)[C@@H]1Cc2c([nH]c3ccccc23)[C@H]2CC(=O)C[C@@H](c3ccc([N+](=O)[O-])cc3)N21. The van der Waals surface area contributed by atoms with Gasteiger partial charge in [-0.1, -0.05) is 30.3 Å². The Morgan fingerprint density at radius 3 is 2.52 bits per heavy atom. The van der Waals surface area contributed by atoms with Gasteiger partial charge in [0.25, 0.3) is 5.69 Å². The minimum Gasteiger partial charge on any atom is -0.468 e. The number of nitro groups is 1. The maximum Gasteiger partial charge on any atom is 0.323 e. The highest BCUT2D eigenvalue weighted by Gasteiger charge is 2.48. The van der Waals surface area contributed by atoms with Crippen molar-refractivity contribution in [2.45, 2.75) is 37.4 Å². The molecule has 2 aliphatic rings. The molecule has 5 rings (SSSR count). The standard InChI is InChI=1S/C23H21N3O5/c1-31-23(28)21-12-17-16-4-2-3-5-18(16)24-22(17)20-11-15(27)10-19(25(20)21)13-6-8-14(9-7-13)26(29)30/h2-9,19-21,24H,10-12H2,1H3/t19-,20+,21-/m0/s1. The summed E-state index contributed by atoms with van der Waals surface area (Å²) in [6.07, 6.45) is 1.02. The number of nitro benzene ring substituents is 1. The van der Waals surface area contributed by atoms with E-state index in [0.29, 0.717) is 12.8 Å². The van der Waals surface area contributed by atoms with Gasteiger partial charge in [0, 0.05) is 54.0 Å². The van der Waals surface area contributed by atoms with Crippen molar-refractivity contribution >= 4 is 28.3 Å². The average molecular weight is 419 g/mol. The highest BCUT2D eigenvalue weighted by molar-refractivity contribution is 5.89. The lowest BCUT2D eigenvalue weighted by molar-refractivity contribution is -0.384. The summed E-state index contributed by atoms with van der Waals surface area (Å²) in [4.78, 5) is 41.8. The molecule has 1 aromatic heterocycles. The summed E-state index contributed by atoms with van der Waals surface area (Å²) >= 11 is 0. The first-order valence-corrected chi connectivity index (χ1v) is 10.2. The number of Topliss-reactive ketones (excluding diaryl/α,β-unsaturated/α-hetero) is 1. The van der Waals surface area contributed by atoms with Crippen molar-refractivity contribution < 1.29 is 19.2 Å². The highest BCUT2D eigenvalue weighted by Crippen LogP contribution is 2.47. The van der Waals surface area contributed by atoms with Crippen LogP contribution in [0.4, 0.5) is 5.69 Å². The molecule has 8 nitrogen and oxygen atoms in total. The maximum atomic E-state index is 12.8. The molecule has 0 bridgehead atoms. The molecule has 1 saturated heterocycles. The van der Waals surface area contributed by atoms with Gasteiger partial charge in [0.05, 0.1) is 18.1 Å². The number of piperidine rings is 1. The molecule has 0 amide bonds. The summed E-state index contributed by atoms with van der Waals surface area (Å²) in [7, 11) is 1.37. The van der Waals surface area contributed by atoms with Crippen LogP contribution in [0.3, 0.4) is 0 Å². The first-order valence-electron chi connectivity index (χ1n) is 10.2. The second kappa shape index (κ2) is 7.31. The number of fused-ring (bicyclic) bond motifs is 5. The summed E-state index contributed by atoms with van der Waals surface area (Å²) in [6, 6.07) is 12.9. The van der Waals surface area contributed by atoms with Crippen molar-refractivity contribution in [3.63, 3.8) is 0 Å². The third kappa shape index (κ3) is 3.11. The van der Waals surface area contributed by atoms with Gasteiger partial charge in [-0.25, -0.2) is 0 Å². The van der Waals surface area contributed by atoms with Gasteiger partial charge in [-0.15, -0.1) is 0 Å². The number of hydrogen-bond acceptors (Lipinski definition) is 6. The van der Waals surface area contributed by atoms with Crippen LogP contribution < -0.4 is 0 Å². The number of esters is 1. The number of H-pyrrole nitrogens is 1. The third-order valence-corrected chi connectivity index (χ3v) is 6.46. The number of ether oxygens (including phenoxy) is 1. The Kier molecular flexibility index (Phi) is 4.59. The van der Waals surface area contributed by atoms with E-state index < -0.39 is 11.0 Å². The Morgan fingerprint density at radius 1 is 1.10 bits per heavy atom. The van der Waals surface area contributed by atoms with Crippen molar-refractivity contribution in [3.05, 3.63) is 75.5 Å². The van der Waals surface area contributed by atoms with Gasteiger partial charge in [0.15, 0.2) is 0 Å². The molecular formula is C23H21N3O5. The van der Waals surface area contributed by atoms with E-state index in [1.54, 1.807) is 12.1 Å². The number of carbonyl (C=O) groups is 2. The molecule has 31 heavy (non-hydrogen) atoms. The van der Waals surface area contributed by atoms with Crippen LogP contribution >= 0.6 is 0 Å². The molecule has 8 heteroatoms. The van der Waals surface area contributed by atoms with Crippen LogP contribution in [-0.4, -0.2) is 39.7 Å². The van der Waals surface area contributed by atoms with Crippen molar-refractivity contribution in [2.24, 2.45) is 0 Å². The number of non-ortho nitro benzene ring substituents is 1. The zero-order valence-corrected chi connectivity index (χ0v) is 16.9. The monoisotopic (exact) mass is 419 g/mol. The number of rotatable bonds is 3. The van der Waals surface area contributed by atoms with Crippen molar-refractivity contribution in [1.82, 2.24) is 9.88 Å². The smallest absolute Gasteiger partial charge is 0.323 e. The number of hydrogen-bond donors (Lipinski definition) is 1. The second-order valence-corrected chi connectivity index (χ2v) is 8.08. The van der Waals surface area contributed by atoms with Crippen LogP contribution in [0, 0.1) is 10.1 Å². The lowest BCUT2D eigenvalue weighted by Crippen LogP contribution is -2.53. The third-order valence-electron chi connectivity index (χ3n) is 6.46. The Hall–Kier alpha value is -3.52. The molecule has 2 aromatic carbocycles. The number of aromatic nitrogens is 1. The topological polar surface area (TPSA) is 106 Å². The number of methoxy groups -OCH3 is 1. The maximum absolute atomic E-state index is 12.8. The van der Waals surface area contributed by atoms with Crippen molar-refractivity contribution in [1.29, 1.82) is 0 Å². The van der Waals surface area contributed by atoms with Crippen LogP contribution in [0.2, 0.25) is 0 Å². The second-order valence-electron chi connectivity index (χ2n) is 8.08. The van der Waals surface area contributed by atoms with Crippen LogP contribution in [0.25, 0.3) is 10.9 Å². The summed E-state index contributed by atoms with van der Waals surface area (Å²) in [5.41, 5.74) is 3.74. The number of benzene rings is 2. The lowest BCUT2D eigenvalue weighted by Gasteiger charge is -2.47. The molecule has 1 N–H and O–H groups in total. The van der Waals surface area contributed by atoms with Gasteiger partial charge in [-0.2, -0.15) is 0 Å². The molecule has 1 fully saturated rings. The minimum absolute atomic E-state index is 0.0106. The molecule has 3 aromatic rings. The van der Waals surface area contributed by atoms with Gasteiger partial charge >= 0.3 is 5.97 Å². The molecule has 3 heterocycles. The summed E-state index contributed by atoms with van der Waals surface area (Å²) in [5.74, 6) is -0.248. The average Bonchev–Trinajstić information content (AvgIpc) is 3.16. The molecule has 0 saturated carbocycles. The predicted molar refractivity (Wildman–Crippen MR) is 112 cm³/mol. The van der Waals surface area contributed by atoms with Gasteiger partial charge in [-0.3, -0.25) is 24.6 Å². The van der Waals surface area contributed by atoms with Crippen molar-refractivity contribution in [3.8, 4) is 0 Å². The molecule has 2 aliphatic heterocycles. The number of ketones is 1. The molecule has 3 atom stereocenters. The molecule has 0 spiro atoms. The first kappa shape index (κ1) is 19.4. The Bertz CT molecular complexity index is 1200.